The third-order valence-electron chi connectivity index (χ3n) is 8.59. The summed E-state index contributed by atoms with van der Waals surface area (Å²) in [5.74, 6) is 1.81. The normalized spacial score (nSPS) is 12.1. The molecule has 0 amide bonds. The van der Waals surface area contributed by atoms with E-state index in [4.69, 9.17) is 4.74 Å². The summed E-state index contributed by atoms with van der Waals surface area (Å²) in [4.78, 5) is 0. The van der Waals surface area contributed by atoms with E-state index >= 15 is 0 Å². The number of fused-ring (bicyclic) bond motifs is 6. The fourth-order valence-electron chi connectivity index (χ4n) is 6.72. The van der Waals surface area contributed by atoms with Crippen LogP contribution in [0.4, 0.5) is 0 Å². The highest BCUT2D eigenvalue weighted by molar-refractivity contribution is 6.21. The highest BCUT2D eigenvalue weighted by Gasteiger charge is 2.23. The minimum atomic E-state index is 0.899. The molecule has 0 radical (unpaired) electrons. The molecule has 1 heterocycles. The second-order valence-electron chi connectivity index (χ2n) is 10.9. The lowest BCUT2D eigenvalue weighted by atomic mass is 9.86. The van der Waals surface area contributed by atoms with E-state index in [2.05, 4.69) is 146 Å². The van der Waals surface area contributed by atoms with Crippen LogP contribution in [0, 0.1) is 0 Å². The van der Waals surface area contributed by atoms with Crippen LogP contribution in [0.1, 0.15) is 0 Å². The van der Waals surface area contributed by atoms with E-state index in [-0.39, 0.29) is 0 Å². The van der Waals surface area contributed by atoms with E-state index in [1.807, 2.05) is 0 Å². The Morgan fingerprint density at radius 2 is 1.10 bits per heavy atom. The van der Waals surface area contributed by atoms with Crippen molar-refractivity contribution >= 4 is 43.1 Å². The maximum absolute atomic E-state index is 6.47. The molecule has 190 valence electrons. The van der Waals surface area contributed by atoms with Crippen LogP contribution < -0.4 is 4.74 Å². The molecule has 1 aliphatic rings. The molecule has 0 unspecified atom stereocenters. The van der Waals surface area contributed by atoms with Gasteiger partial charge in [-0.2, -0.15) is 0 Å². The van der Waals surface area contributed by atoms with E-state index in [1.54, 1.807) is 0 Å². The van der Waals surface area contributed by atoms with Crippen molar-refractivity contribution in [2.45, 2.75) is 0 Å². The Bertz CT molecular complexity index is 2330. The molecule has 0 atom stereocenters. The van der Waals surface area contributed by atoms with E-state index < -0.39 is 0 Å². The molecule has 8 aromatic rings. The number of benzene rings is 8. The molecule has 1 nitrogen and oxygen atoms in total. The molecule has 0 aromatic heterocycles. The summed E-state index contributed by atoms with van der Waals surface area (Å²) < 4.78 is 6.47. The van der Waals surface area contributed by atoms with Crippen LogP contribution in [-0.4, -0.2) is 0 Å². The van der Waals surface area contributed by atoms with Crippen molar-refractivity contribution < 1.29 is 4.74 Å². The molecular weight excluding hydrogens is 496 g/mol. The van der Waals surface area contributed by atoms with E-state index in [0.717, 1.165) is 17.1 Å². The van der Waals surface area contributed by atoms with Gasteiger partial charge in [0.05, 0.1) is 0 Å². The Kier molecular flexibility index (Phi) is 4.67. The third kappa shape index (κ3) is 3.36. The first-order valence-corrected chi connectivity index (χ1v) is 14.1. The summed E-state index contributed by atoms with van der Waals surface area (Å²) in [5.41, 5.74) is 7.24. The fourth-order valence-corrected chi connectivity index (χ4v) is 6.72. The van der Waals surface area contributed by atoms with Crippen molar-refractivity contribution in [2.75, 3.05) is 0 Å². The van der Waals surface area contributed by atoms with Crippen molar-refractivity contribution in [3.05, 3.63) is 146 Å². The lowest BCUT2D eigenvalue weighted by molar-refractivity contribution is 0.487. The average Bonchev–Trinajstić information content (AvgIpc) is 3.04. The second kappa shape index (κ2) is 8.55. The number of hydrogen-bond acceptors (Lipinski definition) is 1. The van der Waals surface area contributed by atoms with Gasteiger partial charge in [0, 0.05) is 10.9 Å². The molecule has 9 rings (SSSR count). The van der Waals surface area contributed by atoms with Gasteiger partial charge >= 0.3 is 0 Å². The van der Waals surface area contributed by atoms with Crippen LogP contribution in [0.15, 0.2) is 146 Å². The predicted molar refractivity (Wildman–Crippen MR) is 173 cm³/mol. The van der Waals surface area contributed by atoms with E-state index in [9.17, 15) is 0 Å². The highest BCUT2D eigenvalue weighted by Crippen LogP contribution is 2.50. The Morgan fingerprint density at radius 1 is 0.341 bits per heavy atom. The summed E-state index contributed by atoms with van der Waals surface area (Å²) in [5, 5.41) is 9.99. The molecule has 0 saturated heterocycles. The zero-order valence-corrected chi connectivity index (χ0v) is 22.3. The van der Waals surface area contributed by atoms with Crippen LogP contribution in [0.5, 0.6) is 11.5 Å². The topological polar surface area (TPSA) is 9.23 Å². The van der Waals surface area contributed by atoms with Gasteiger partial charge < -0.3 is 4.74 Å². The summed E-state index contributed by atoms with van der Waals surface area (Å²) >= 11 is 0. The van der Waals surface area contributed by atoms with Crippen LogP contribution in [0.25, 0.3) is 76.5 Å². The number of hydrogen-bond donors (Lipinski definition) is 0. The van der Waals surface area contributed by atoms with Gasteiger partial charge in [0.15, 0.2) is 0 Å². The van der Waals surface area contributed by atoms with Crippen LogP contribution in [0.3, 0.4) is 0 Å². The molecular formula is C40H24O. The van der Waals surface area contributed by atoms with Crippen molar-refractivity contribution in [1.82, 2.24) is 0 Å². The van der Waals surface area contributed by atoms with Gasteiger partial charge in [-0.15, -0.1) is 0 Å². The quantitative estimate of drug-likeness (QED) is 0.163. The largest absolute Gasteiger partial charge is 0.456 e. The van der Waals surface area contributed by atoms with E-state index in [0.29, 0.717) is 0 Å². The Morgan fingerprint density at radius 3 is 2.00 bits per heavy atom. The Hall–Kier alpha value is -5.40. The Labute approximate surface area is 237 Å². The molecule has 0 fully saturated rings. The fraction of sp³-hybridized carbons (Fsp3) is 0. The lowest BCUT2D eigenvalue weighted by Crippen LogP contribution is -1.98. The van der Waals surface area contributed by atoms with Crippen molar-refractivity contribution in [2.24, 2.45) is 0 Å². The minimum Gasteiger partial charge on any atom is -0.456 e. The molecule has 0 saturated carbocycles. The van der Waals surface area contributed by atoms with Gasteiger partial charge in [0.1, 0.15) is 11.5 Å². The zero-order valence-electron chi connectivity index (χ0n) is 22.3. The molecule has 0 bridgehead atoms. The van der Waals surface area contributed by atoms with Crippen molar-refractivity contribution in [1.29, 1.82) is 0 Å². The first-order chi connectivity index (χ1) is 20.3. The molecule has 0 aliphatic carbocycles. The number of ether oxygens (including phenoxy) is 1. The average molecular weight is 521 g/mol. The predicted octanol–water partition coefficient (Wildman–Crippen LogP) is 11.4. The molecule has 8 aromatic carbocycles. The zero-order chi connectivity index (χ0) is 26.9. The lowest BCUT2D eigenvalue weighted by Gasteiger charge is -2.23. The SMILES string of the molecule is c1ccc(-c2ccc3c(c2)-c2cc(-c4c5ccccc5cc5c4ccc4ccccc45)cc4cccc(c24)O3)cc1. The third-order valence-corrected chi connectivity index (χ3v) is 8.59. The van der Waals surface area contributed by atoms with Gasteiger partial charge in [0.2, 0.25) is 0 Å². The maximum Gasteiger partial charge on any atom is 0.135 e. The van der Waals surface area contributed by atoms with Crippen LogP contribution in [-0.2, 0) is 0 Å². The van der Waals surface area contributed by atoms with Crippen molar-refractivity contribution in [3.63, 3.8) is 0 Å². The maximum atomic E-state index is 6.47. The molecule has 1 heteroatoms. The Balaban J connectivity index is 1.39. The molecule has 1 aliphatic heterocycles. The number of rotatable bonds is 2. The summed E-state index contributed by atoms with van der Waals surface area (Å²) in [6.45, 7) is 0. The highest BCUT2D eigenvalue weighted by atomic mass is 16.5. The minimum absolute atomic E-state index is 0.899. The van der Waals surface area contributed by atoms with Gasteiger partial charge in [-0.3, -0.25) is 0 Å². The van der Waals surface area contributed by atoms with Crippen molar-refractivity contribution in [3.8, 4) is 44.9 Å². The van der Waals surface area contributed by atoms with E-state index in [1.165, 1.54) is 70.9 Å². The standard InChI is InChI=1S/C40H24O/c1-2-9-25(10-3-1)27-18-20-37-35(22-27)36-24-30(21-29-13-8-16-38(41-37)40(29)36)39-32-15-7-5-12-28(32)23-34-31-14-6-4-11-26(31)17-19-33(34)39/h1-24H. The smallest absolute Gasteiger partial charge is 0.135 e. The first-order valence-electron chi connectivity index (χ1n) is 14.1. The monoisotopic (exact) mass is 520 g/mol. The van der Waals surface area contributed by atoms with Crippen LogP contribution >= 0.6 is 0 Å². The van der Waals surface area contributed by atoms with Gasteiger partial charge in [0.25, 0.3) is 0 Å². The van der Waals surface area contributed by atoms with Gasteiger partial charge in [-0.25, -0.2) is 0 Å². The van der Waals surface area contributed by atoms with Crippen LogP contribution in [0.2, 0.25) is 0 Å². The molecule has 0 spiro atoms. The van der Waals surface area contributed by atoms with Gasteiger partial charge in [-0.05, 0) is 102 Å². The summed E-state index contributed by atoms with van der Waals surface area (Å²) in [7, 11) is 0. The second-order valence-corrected chi connectivity index (χ2v) is 10.9. The summed E-state index contributed by atoms with van der Waals surface area (Å²) in [6, 6.07) is 52.7. The summed E-state index contributed by atoms with van der Waals surface area (Å²) in [6.07, 6.45) is 0. The first kappa shape index (κ1) is 22.4. The molecule has 41 heavy (non-hydrogen) atoms. The van der Waals surface area contributed by atoms with Gasteiger partial charge in [-0.1, -0.05) is 109 Å². The molecule has 0 N–H and O–H groups in total.